The number of hydrogen-bond donors (Lipinski definition) is 2. The number of amides is 1. The standard InChI is InChI=1S/C17H24F2N2O2/c1-12-4-6-21(7-5-12)11-14(22)10-20-17(23)9-13-2-3-15(18)16(19)8-13/h2-3,8,12,14,22H,4-7,9-11H2,1H3,(H,20,23). The lowest BCUT2D eigenvalue weighted by atomic mass is 9.99. The van der Waals surface area contributed by atoms with Gasteiger partial charge in [-0.15, -0.1) is 0 Å². The third-order valence-electron chi connectivity index (χ3n) is 4.23. The van der Waals surface area contributed by atoms with E-state index in [1.165, 1.54) is 6.07 Å². The number of carbonyl (C=O) groups is 1. The Morgan fingerprint density at radius 2 is 2.04 bits per heavy atom. The quantitative estimate of drug-likeness (QED) is 0.837. The Kier molecular flexibility index (Phi) is 6.47. The summed E-state index contributed by atoms with van der Waals surface area (Å²) in [6.07, 6.45) is 1.60. The minimum atomic E-state index is -0.963. The molecule has 0 radical (unpaired) electrons. The van der Waals surface area contributed by atoms with E-state index in [0.717, 1.165) is 44.0 Å². The van der Waals surface area contributed by atoms with E-state index in [1.54, 1.807) is 0 Å². The van der Waals surface area contributed by atoms with E-state index in [1.807, 2.05) is 0 Å². The van der Waals surface area contributed by atoms with Crippen LogP contribution in [0.25, 0.3) is 0 Å². The van der Waals surface area contributed by atoms with Crippen LogP contribution in [0.5, 0.6) is 0 Å². The van der Waals surface area contributed by atoms with Crippen molar-refractivity contribution in [3.8, 4) is 0 Å². The number of aliphatic hydroxyl groups is 1. The fourth-order valence-corrected chi connectivity index (χ4v) is 2.74. The number of β-amino-alcohol motifs (C(OH)–C–C–N with tert-alkyl or cyclic N) is 1. The van der Waals surface area contributed by atoms with Crippen LogP contribution in [0.1, 0.15) is 25.3 Å². The van der Waals surface area contributed by atoms with Crippen LogP contribution >= 0.6 is 0 Å². The number of aliphatic hydroxyl groups excluding tert-OH is 1. The molecule has 0 aromatic heterocycles. The Hall–Kier alpha value is -1.53. The number of nitrogens with one attached hydrogen (secondary N) is 1. The van der Waals surface area contributed by atoms with Crippen LogP contribution in [0.4, 0.5) is 8.78 Å². The minimum absolute atomic E-state index is 0.0366. The van der Waals surface area contributed by atoms with Crippen LogP contribution in [0.15, 0.2) is 18.2 Å². The molecule has 0 spiro atoms. The summed E-state index contributed by atoms with van der Waals surface area (Å²) >= 11 is 0. The van der Waals surface area contributed by atoms with Crippen LogP contribution < -0.4 is 5.32 Å². The van der Waals surface area contributed by atoms with Gasteiger partial charge in [-0.2, -0.15) is 0 Å². The van der Waals surface area contributed by atoms with Crippen molar-refractivity contribution in [2.24, 2.45) is 5.92 Å². The summed E-state index contributed by atoms with van der Waals surface area (Å²) < 4.78 is 25.9. The van der Waals surface area contributed by atoms with Crippen LogP contribution in [-0.4, -0.2) is 48.2 Å². The molecule has 2 rings (SSSR count). The van der Waals surface area contributed by atoms with Crippen molar-refractivity contribution >= 4 is 5.91 Å². The van der Waals surface area contributed by atoms with Gasteiger partial charge in [-0.05, 0) is 49.5 Å². The van der Waals surface area contributed by atoms with Gasteiger partial charge in [0.2, 0.25) is 5.91 Å². The lowest BCUT2D eigenvalue weighted by Gasteiger charge is -2.31. The molecule has 1 aromatic rings. The van der Waals surface area contributed by atoms with E-state index < -0.39 is 17.7 Å². The first-order valence-corrected chi connectivity index (χ1v) is 8.05. The van der Waals surface area contributed by atoms with Crippen molar-refractivity contribution in [3.63, 3.8) is 0 Å². The molecular formula is C17H24F2N2O2. The molecule has 1 heterocycles. The highest BCUT2D eigenvalue weighted by atomic mass is 19.2. The smallest absolute Gasteiger partial charge is 0.224 e. The third kappa shape index (κ3) is 5.88. The zero-order valence-corrected chi connectivity index (χ0v) is 13.4. The average molecular weight is 326 g/mol. The minimum Gasteiger partial charge on any atom is -0.390 e. The van der Waals surface area contributed by atoms with Gasteiger partial charge in [0.25, 0.3) is 0 Å². The van der Waals surface area contributed by atoms with Crippen molar-refractivity contribution in [1.82, 2.24) is 10.2 Å². The van der Waals surface area contributed by atoms with Gasteiger partial charge >= 0.3 is 0 Å². The molecule has 1 unspecified atom stereocenters. The molecule has 1 fully saturated rings. The highest BCUT2D eigenvalue weighted by molar-refractivity contribution is 5.78. The number of carbonyl (C=O) groups excluding carboxylic acids is 1. The van der Waals surface area contributed by atoms with Gasteiger partial charge in [0, 0.05) is 13.1 Å². The molecule has 23 heavy (non-hydrogen) atoms. The fraction of sp³-hybridized carbons (Fsp3) is 0.588. The monoisotopic (exact) mass is 326 g/mol. The van der Waals surface area contributed by atoms with Crippen molar-refractivity contribution in [3.05, 3.63) is 35.4 Å². The molecule has 1 saturated heterocycles. The van der Waals surface area contributed by atoms with Gasteiger partial charge in [0.15, 0.2) is 11.6 Å². The molecule has 2 N–H and O–H groups in total. The third-order valence-corrected chi connectivity index (χ3v) is 4.23. The van der Waals surface area contributed by atoms with E-state index in [-0.39, 0.29) is 18.9 Å². The van der Waals surface area contributed by atoms with Gasteiger partial charge < -0.3 is 15.3 Å². The molecule has 1 aliphatic rings. The highest BCUT2D eigenvalue weighted by Gasteiger charge is 2.18. The fourth-order valence-electron chi connectivity index (χ4n) is 2.74. The maximum Gasteiger partial charge on any atom is 0.224 e. The summed E-state index contributed by atoms with van der Waals surface area (Å²) in [4.78, 5) is 14.0. The van der Waals surface area contributed by atoms with Gasteiger partial charge in [-0.3, -0.25) is 4.79 Å². The van der Waals surface area contributed by atoms with Crippen LogP contribution in [0.3, 0.4) is 0 Å². The van der Waals surface area contributed by atoms with Crippen molar-refractivity contribution in [1.29, 1.82) is 0 Å². The topological polar surface area (TPSA) is 52.6 Å². The SMILES string of the molecule is CC1CCN(CC(O)CNC(=O)Cc2ccc(F)c(F)c2)CC1. The Labute approximate surface area is 135 Å². The summed E-state index contributed by atoms with van der Waals surface area (Å²) in [7, 11) is 0. The van der Waals surface area contributed by atoms with E-state index in [0.29, 0.717) is 12.1 Å². The van der Waals surface area contributed by atoms with E-state index in [4.69, 9.17) is 0 Å². The maximum atomic E-state index is 13.1. The predicted octanol–water partition coefficient (Wildman–Crippen LogP) is 1.72. The summed E-state index contributed by atoms with van der Waals surface area (Å²) in [6, 6.07) is 3.40. The summed E-state index contributed by atoms with van der Waals surface area (Å²) in [5.74, 6) is -1.48. The zero-order valence-electron chi connectivity index (χ0n) is 13.4. The lowest BCUT2D eigenvalue weighted by Crippen LogP contribution is -2.43. The Morgan fingerprint density at radius 3 is 2.70 bits per heavy atom. The molecule has 1 atom stereocenters. The molecule has 0 bridgehead atoms. The Balaban J connectivity index is 1.70. The maximum absolute atomic E-state index is 13.1. The molecule has 6 heteroatoms. The molecule has 1 amide bonds. The number of likely N-dealkylation sites (tertiary alicyclic amines) is 1. The van der Waals surface area contributed by atoms with Crippen molar-refractivity contribution in [2.45, 2.75) is 32.3 Å². The van der Waals surface area contributed by atoms with Gasteiger partial charge in [0.05, 0.1) is 12.5 Å². The first-order valence-electron chi connectivity index (χ1n) is 8.05. The summed E-state index contributed by atoms with van der Waals surface area (Å²) in [5, 5.41) is 12.6. The second-order valence-electron chi connectivity index (χ2n) is 6.37. The van der Waals surface area contributed by atoms with Crippen LogP contribution in [0.2, 0.25) is 0 Å². The van der Waals surface area contributed by atoms with Crippen molar-refractivity contribution < 1.29 is 18.7 Å². The second kappa shape index (κ2) is 8.36. The van der Waals surface area contributed by atoms with Gasteiger partial charge in [-0.25, -0.2) is 8.78 Å². The molecule has 0 aliphatic carbocycles. The number of benzene rings is 1. The van der Waals surface area contributed by atoms with Crippen LogP contribution in [-0.2, 0) is 11.2 Å². The lowest BCUT2D eigenvalue weighted by molar-refractivity contribution is -0.121. The number of halogens is 2. The number of hydrogen-bond acceptors (Lipinski definition) is 3. The Morgan fingerprint density at radius 1 is 1.35 bits per heavy atom. The number of piperidine rings is 1. The molecular weight excluding hydrogens is 302 g/mol. The summed E-state index contributed by atoms with van der Waals surface area (Å²) in [6.45, 7) is 4.88. The molecule has 0 saturated carbocycles. The highest BCUT2D eigenvalue weighted by Crippen LogP contribution is 2.15. The molecule has 128 valence electrons. The van der Waals surface area contributed by atoms with E-state index in [9.17, 15) is 18.7 Å². The molecule has 4 nitrogen and oxygen atoms in total. The second-order valence-corrected chi connectivity index (χ2v) is 6.37. The number of nitrogens with zero attached hydrogens (tertiary/aromatic N) is 1. The van der Waals surface area contributed by atoms with Gasteiger partial charge in [-0.1, -0.05) is 13.0 Å². The van der Waals surface area contributed by atoms with Crippen molar-refractivity contribution in [2.75, 3.05) is 26.2 Å². The first kappa shape index (κ1) is 17.8. The van der Waals surface area contributed by atoms with Crippen LogP contribution in [0, 0.1) is 17.6 Å². The average Bonchev–Trinajstić information content (AvgIpc) is 2.51. The predicted molar refractivity (Wildman–Crippen MR) is 83.9 cm³/mol. The zero-order chi connectivity index (χ0) is 16.8. The van der Waals surface area contributed by atoms with E-state index in [2.05, 4.69) is 17.1 Å². The first-order chi connectivity index (χ1) is 10.9. The van der Waals surface area contributed by atoms with E-state index >= 15 is 0 Å². The number of rotatable bonds is 6. The summed E-state index contributed by atoms with van der Waals surface area (Å²) in [5.41, 5.74) is 0.404. The molecule has 1 aliphatic heterocycles. The van der Waals surface area contributed by atoms with Gasteiger partial charge in [0.1, 0.15) is 0 Å². The molecule has 1 aromatic carbocycles. The normalized spacial score (nSPS) is 17.9. The largest absolute Gasteiger partial charge is 0.390 e. The Bertz CT molecular complexity index is 531.